The number of amides is 1. The van der Waals surface area contributed by atoms with Gasteiger partial charge in [-0.3, -0.25) is 4.79 Å². The van der Waals surface area contributed by atoms with Crippen LogP contribution in [0.2, 0.25) is 0 Å². The Balaban J connectivity index is 2.06. The van der Waals surface area contributed by atoms with Crippen LogP contribution in [0.3, 0.4) is 0 Å². The standard InChI is InChI=1S/C28H29F2NO2/c1-3-18-31(19-4-2)27(32)25(20-24-12-8-9-13-26(24)33-28(29)30)23-16-14-22(15-17-23)21-10-6-5-7-11-21/h5-17,20,28H,3-4,18-19H2,1-2H3/b25-20+. The van der Waals surface area contributed by atoms with Gasteiger partial charge in [0, 0.05) is 24.2 Å². The lowest BCUT2D eigenvalue weighted by molar-refractivity contribution is -0.125. The fraction of sp³-hybridized carbons (Fsp3) is 0.250. The number of benzene rings is 3. The molecule has 0 bridgehead atoms. The maximum atomic E-state index is 13.6. The third kappa shape index (κ3) is 6.51. The highest BCUT2D eigenvalue weighted by Gasteiger charge is 2.20. The van der Waals surface area contributed by atoms with Crippen molar-refractivity contribution in [3.8, 4) is 16.9 Å². The summed E-state index contributed by atoms with van der Waals surface area (Å²) in [5, 5.41) is 0. The Morgan fingerprint density at radius 2 is 1.42 bits per heavy atom. The maximum absolute atomic E-state index is 13.6. The molecular weight excluding hydrogens is 420 g/mol. The van der Waals surface area contributed by atoms with Crippen LogP contribution in [0, 0.1) is 0 Å². The number of para-hydroxylation sites is 1. The number of hydrogen-bond donors (Lipinski definition) is 0. The molecule has 0 aromatic heterocycles. The monoisotopic (exact) mass is 449 g/mol. The number of nitrogens with zero attached hydrogens (tertiary/aromatic N) is 1. The van der Waals surface area contributed by atoms with Crippen molar-refractivity contribution in [1.29, 1.82) is 0 Å². The van der Waals surface area contributed by atoms with Gasteiger partial charge in [-0.05, 0) is 41.7 Å². The molecule has 0 N–H and O–H groups in total. The molecule has 3 rings (SSSR count). The SMILES string of the molecule is CCCN(CCC)C(=O)/C(=C/c1ccccc1OC(F)F)c1ccc(-c2ccccc2)cc1. The molecule has 0 unspecified atom stereocenters. The smallest absolute Gasteiger partial charge is 0.387 e. The van der Waals surface area contributed by atoms with E-state index < -0.39 is 6.61 Å². The summed E-state index contributed by atoms with van der Waals surface area (Å²) < 4.78 is 30.6. The Hall–Kier alpha value is -3.47. The molecule has 0 aliphatic heterocycles. The fourth-order valence-corrected chi connectivity index (χ4v) is 3.73. The van der Waals surface area contributed by atoms with E-state index in [0.717, 1.165) is 29.5 Å². The zero-order valence-electron chi connectivity index (χ0n) is 19.0. The number of carbonyl (C=O) groups is 1. The largest absolute Gasteiger partial charge is 0.434 e. The van der Waals surface area contributed by atoms with Gasteiger partial charge in [-0.25, -0.2) is 0 Å². The van der Waals surface area contributed by atoms with E-state index in [-0.39, 0.29) is 11.7 Å². The molecule has 0 fully saturated rings. The molecule has 3 aromatic rings. The summed E-state index contributed by atoms with van der Waals surface area (Å²) in [5.74, 6) is -0.0887. The summed E-state index contributed by atoms with van der Waals surface area (Å²) in [5.41, 5.74) is 3.72. The highest BCUT2D eigenvalue weighted by Crippen LogP contribution is 2.29. The Bertz CT molecular complexity index is 1060. The van der Waals surface area contributed by atoms with Gasteiger partial charge in [0.2, 0.25) is 0 Å². The molecule has 172 valence electrons. The minimum absolute atomic E-state index is 0.0382. The summed E-state index contributed by atoms with van der Waals surface area (Å²) in [6.07, 6.45) is 3.31. The summed E-state index contributed by atoms with van der Waals surface area (Å²) in [4.78, 5) is 15.4. The van der Waals surface area contributed by atoms with Gasteiger partial charge in [-0.15, -0.1) is 0 Å². The van der Waals surface area contributed by atoms with Gasteiger partial charge in [0.1, 0.15) is 5.75 Å². The molecule has 0 atom stereocenters. The van der Waals surface area contributed by atoms with E-state index in [9.17, 15) is 13.6 Å². The predicted octanol–water partition coefficient (Wildman–Crippen LogP) is 7.14. The van der Waals surface area contributed by atoms with Crippen LogP contribution >= 0.6 is 0 Å². The van der Waals surface area contributed by atoms with E-state index in [1.165, 1.54) is 6.07 Å². The molecule has 1 amide bonds. The third-order valence-electron chi connectivity index (χ3n) is 5.24. The fourth-order valence-electron chi connectivity index (χ4n) is 3.73. The Labute approximate surface area is 194 Å². The lowest BCUT2D eigenvalue weighted by atomic mass is 9.97. The van der Waals surface area contributed by atoms with E-state index in [1.54, 1.807) is 24.3 Å². The molecule has 0 aliphatic rings. The molecule has 0 spiro atoms. The van der Waals surface area contributed by atoms with E-state index in [2.05, 4.69) is 0 Å². The molecule has 3 aromatic carbocycles. The third-order valence-corrected chi connectivity index (χ3v) is 5.24. The van der Waals surface area contributed by atoms with E-state index >= 15 is 0 Å². The zero-order chi connectivity index (χ0) is 23.6. The minimum atomic E-state index is -2.94. The summed E-state index contributed by atoms with van der Waals surface area (Å²) in [6.45, 7) is 2.36. The van der Waals surface area contributed by atoms with Crippen LogP contribution in [-0.4, -0.2) is 30.5 Å². The summed E-state index contributed by atoms with van der Waals surface area (Å²) in [7, 11) is 0. The van der Waals surface area contributed by atoms with Crippen molar-refractivity contribution in [2.24, 2.45) is 0 Å². The average Bonchev–Trinajstić information content (AvgIpc) is 2.83. The average molecular weight is 450 g/mol. The van der Waals surface area contributed by atoms with Gasteiger partial charge in [-0.2, -0.15) is 8.78 Å². The van der Waals surface area contributed by atoms with Gasteiger partial charge in [0.15, 0.2) is 0 Å². The van der Waals surface area contributed by atoms with Crippen LogP contribution in [0.1, 0.15) is 37.8 Å². The maximum Gasteiger partial charge on any atom is 0.387 e. The molecule has 3 nitrogen and oxygen atoms in total. The number of rotatable bonds is 10. The van der Waals surface area contributed by atoms with Crippen molar-refractivity contribution in [3.63, 3.8) is 0 Å². The van der Waals surface area contributed by atoms with Crippen molar-refractivity contribution < 1.29 is 18.3 Å². The second-order valence-corrected chi connectivity index (χ2v) is 7.71. The normalized spacial score (nSPS) is 11.5. The lowest BCUT2D eigenvalue weighted by Crippen LogP contribution is -2.33. The first-order chi connectivity index (χ1) is 16.0. The number of ether oxygens (including phenoxy) is 1. The first-order valence-corrected chi connectivity index (χ1v) is 11.2. The van der Waals surface area contributed by atoms with Gasteiger partial charge in [0.05, 0.1) is 0 Å². The molecule has 0 radical (unpaired) electrons. The molecule has 33 heavy (non-hydrogen) atoms. The Morgan fingerprint density at radius 1 is 0.848 bits per heavy atom. The first-order valence-electron chi connectivity index (χ1n) is 11.2. The predicted molar refractivity (Wildman–Crippen MR) is 130 cm³/mol. The van der Waals surface area contributed by atoms with Crippen molar-refractivity contribution >= 4 is 17.6 Å². The minimum Gasteiger partial charge on any atom is -0.434 e. The van der Waals surface area contributed by atoms with Gasteiger partial charge < -0.3 is 9.64 Å². The Morgan fingerprint density at radius 3 is 2.03 bits per heavy atom. The van der Waals surface area contributed by atoms with Crippen LogP contribution < -0.4 is 4.74 Å². The number of hydrogen-bond acceptors (Lipinski definition) is 2. The van der Waals surface area contributed by atoms with Crippen LogP contribution in [0.5, 0.6) is 5.75 Å². The second-order valence-electron chi connectivity index (χ2n) is 7.71. The van der Waals surface area contributed by atoms with Crippen molar-refractivity contribution in [2.45, 2.75) is 33.3 Å². The second kappa shape index (κ2) is 12.0. The van der Waals surface area contributed by atoms with E-state index in [4.69, 9.17) is 4.74 Å². The topological polar surface area (TPSA) is 29.5 Å². The highest BCUT2D eigenvalue weighted by molar-refractivity contribution is 6.24. The molecule has 0 aliphatic carbocycles. The van der Waals surface area contributed by atoms with Crippen molar-refractivity contribution in [2.75, 3.05) is 13.1 Å². The van der Waals surface area contributed by atoms with Crippen LogP contribution in [-0.2, 0) is 4.79 Å². The van der Waals surface area contributed by atoms with Crippen molar-refractivity contribution in [1.82, 2.24) is 4.90 Å². The number of carbonyl (C=O) groups excluding carboxylic acids is 1. The zero-order valence-corrected chi connectivity index (χ0v) is 19.0. The van der Waals surface area contributed by atoms with Gasteiger partial charge in [0.25, 0.3) is 5.91 Å². The van der Waals surface area contributed by atoms with E-state index in [0.29, 0.717) is 24.2 Å². The lowest BCUT2D eigenvalue weighted by Gasteiger charge is -2.23. The molecule has 0 heterocycles. The quantitative estimate of drug-likeness (QED) is 0.243. The van der Waals surface area contributed by atoms with Crippen molar-refractivity contribution in [3.05, 3.63) is 90.0 Å². The van der Waals surface area contributed by atoms with Gasteiger partial charge in [-0.1, -0.05) is 86.6 Å². The number of alkyl halides is 2. The van der Waals surface area contributed by atoms with Crippen LogP contribution in [0.4, 0.5) is 8.78 Å². The van der Waals surface area contributed by atoms with E-state index in [1.807, 2.05) is 73.3 Å². The number of halogens is 2. The van der Waals surface area contributed by atoms with Crippen LogP contribution in [0.25, 0.3) is 22.8 Å². The molecule has 0 saturated heterocycles. The molecule has 0 saturated carbocycles. The molecule has 5 heteroatoms. The van der Waals surface area contributed by atoms with Crippen LogP contribution in [0.15, 0.2) is 78.9 Å². The highest BCUT2D eigenvalue weighted by atomic mass is 19.3. The molecular formula is C28H29F2NO2. The van der Waals surface area contributed by atoms with Gasteiger partial charge >= 0.3 is 6.61 Å². The summed E-state index contributed by atoms with van der Waals surface area (Å²) >= 11 is 0. The summed E-state index contributed by atoms with van der Waals surface area (Å²) in [6, 6.07) is 24.2. The Kier molecular flexibility index (Phi) is 8.76. The first kappa shape index (κ1) is 24.2.